The second kappa shape index (κ2) is 11.1. The predicted molar refractivity (Wildman–Crippen MR) is 135 cm³/mol. The molecule has 0 radical (unpaired) electrons. The first-order chi connectivity index (χ1) is 17.3. The number of carbonyl (C=O) groups excluding carboxylic acids is 3. The van der Waals surface area contributed by atoms with Gasteiger partial charge in [0.25, 0.3) is 17.1 Å². The summed E-state index contributed by atoms with van der Waals surface area (Å²) in [6.07, 6.45) is 1.54. The molecule has 7 nitrogen and oxygen atoms in total. The molecular formula is C26H17ClFN3O4S. The quantitative estimate of drug-likeness (QED) is 0.406. The van der Waals surface area contributed by atoms with Gasteiger partial charge in [-0.15, -0.1) is 0 Å². The fourth-order valence-electron chi connectivity index (χ4n) is 3.32. The monoisotopic (exact) mass is 521 g/mol. The van der Waals surface area contributed by atoms with Crippen molar-refractivity contribution in [3.05, 3.63) is 99.2 Å². The number of carbonyl (C=O) groups is 3. The first-order valence-electron chi connectivity index (χ1n) is 10.5. The molecule has 36 heavy (non-hydrogen) atoms. The second-order valence-electron chi connectivity index (χ2n) is 7.57. The molecule has 4 rings (SSSR count). The smallest absolute Gasteiger partial charge is 0.293 e. The number of imide groups is 1. The van der Waals surface area contributed by atoms with E-state index in [2.05, 4.69) is 11.4 Å². The van der Waals surface area contributed by atoms with E-state index in [4.69, 9.17) is 16.3 Å². The summed E-state index contributed by atoms with van der Waals surface area (Å²) in [5.74, 6) is -1.07. The predicted octanol–water partition coefficient (Wildman–Crippen LogP) is 5.60. The number of thioether (sulfide) groups is 1. The van der Waals surface area contributed by atoms with E-state index in [0.717, 1.165) is 16.7 Å². The number of nitrogens with one attached hydrogen (secondary N) is 1. The zero-order valence-corrected chi connectivity index (χ0v) is 20.1. The Labute approximate surface area is 215 Å². The Hall–Kier alpha value is -4.13. The Balaban J connectivity index is 1.40. The van der Waals surface area contributed by atoms with E-state index in [9.17, 15) is 24.0 Å². The molecule has 1 aliphatic rings. The number of halogens is 2. The zero-order valence-electron chi connectivity index (χ0n) is 18.5. The number of hydrogen-bond acceptors (Lipinski definition) is 6. The van der Waals surface area contributed by atoms with Crippen molar-refractivity contribution < 1.29 is 23.5 Å². The highest BCUT2D eigenvalue weighted by Gasteiger charge is 2.35. The molecule has 1 N–H and O–H groups in total. The van der Waals surface area contributed by atoms with Gasteiger partial charge in [0.2, 0.25) is 0 Å². The van der Waals surface area contributed by atoms with Gasteiger partial charge >= 0.3 is 0 Å². The number of nitrogens with zero attached hydrogens (tertiary/aromatic N) is 2. The maximum absolute atomic E-state index is 13.0. The molecule has 10 heteroatoms. The Morgan fingerprint density at radius 2 is 1.89 bits per heavy atom. The number of hydrogen-bond donors (Lipinski definition) is 1. The molecule has 0 aliphatic carbocycles. The molecule has 1 saturated heterocycles. The number of anilines is 1. The summed E-state index contributed by atoms with van der Waals surface area (Å²) < 4.78 is 18.4. The van der Waals surface area contributed by atoms with Crippen LogP contribution in [0.4, 0.5) is 14.9 Å². The summed E-state index contributed by atoms with van der Waals surface area (Å²) in [7, 11) is 0. The van der Waals surface area contributed by atoms with Gasteiger partial charge in [-0.2, -0.15) is 5.26 Å². The van der Waals surface area contributed by atoms with Crippen LogP contribution in [0.5, 0.6) is 5.75 Å². The lowest BCUT2D eigenvalue weighted by molar-refractivity contribution is -0.123. The minimum Gasteiger partial charge on any atom is -0.482 e. The van der Waals surface area contributed by atoms with Crippen molar-refractivity contribution >= 4 is 52.2 Å². The molecular weight excluding hydrogens is 505 g/mol. The fourth-order valence-corrected chi connectivity index (χ4v) is 4.40. The van der Waals surface area contributed by atoms with Gasteiger partial charge in [-0.05, 0) is 71.4 Å². The third kappa shape index (κ3) is 5.92. The Morgan fingerprint density at radius 1 is 1.14 bits per heavy atom. The van der Waals surface area contributed by atoms with Gasteiger partial charge in [-0.1, -0.05) is 35.9 Å². The Kier molecular flexibility index (Phi) is 7.68. The minimum atomic E-state index is -0.466. The van der Waals surface area contributed by atoms with Crippen molar-refractivity contribution in [1.29, 1.82) is 5.26 Å². The average molecular weight is 522 g/mol. The Bertz CT molecular complexity index is 1420. The summed E-state index contributed by atoms with van der Waals surface area (Å²) in [6.45, 7) is -0.321. The fraction of sp³-hybridized carbons (Fsp3) is 0.0769. The van der Waals surface area contributed by atoms with Crippen LogP contribution >= 0.6 is 23.4 Å². The average Bonchev–Trinajstić information content (AvgIpc) is 3.12. The SMILES string of the molecule is N#Cc1ccccc1CN1C(=O)S/C(=C/c2ccc(OCC(=O)Nc3ccc(F)cc3)c(Cl)c2)C1=O. The van der Waals surface area contributed by atoms with Crippen molar-refractivity contribution in [3.63, 3.8) is 0 Å². The highest BCUT2D eigenvalue weighted by molar-refractivity contribution is 8.18. The van der Waals surface area contributed by atoms with Crippen LogP contribution in [0.25, 0.3) is 6.08 Å². The van der Waals surface area contributed by atoms with E-state index >= 15 is 0 Å². The van der Waals surface area contributed by atoms with E-state index in [-0.39, 0.29) is 28.8 Å². The molecule has 1 aliphatic heterocycles. The van der Waals surface area contributed by atoms with Crippen LogP contribution in [0.3, 0.4) is 0 Å². The molecule has 3 aromatic rings. The van der Waals surface area contributed by atoms with Crippen LogP contribution in [-0.4, -0.2) is 28.6 Å². The summed E-state index contributed by atoms with van der Waals surface area (Å²) >= 11 is 7.08. The van der Waals surface area contributed by atoms with E-state index in [0.29, 0.717) is 22.4 Å². The van der Waals surface area contributed by atoms with Crippen LogP contribution in [0.15, 0.2) is 71.6 Å². The number of nitriles is 1. The third-order valence-corrected chi connectivity index (χ3v) is 6.28. The summed E-state index contributed by atoms with van der Waals surface area (Å²) in [6, 6.07) is 18.9. The molecule has 3 aromatic carbocycles. The number of rotatable bonds is 7. The maximum atomic E-state index is 13.0. The summed E-state index contributed by atoms with van der Waals surface area (Å²) in [5, 5.41) is 11.6. The lowest BCUT2D eigenvalue weighted by Crippen LogP contribution is -2.27. The van der Waals surface area contributed by atoms with Gasteiger partial charge in [-0.3, -0.25) is 19.3 Å². The highest BCUT2D eigenvalue weighted by Crippen LogP contribution is 2.35. The van der Waals surface area contributed by atoms with Gasteiger partial charge in [0.1, 0.15) is 11.6 Å². The first kappa shape index (κ1) is 25.0. The van der Waals surface area contributed by atoms with E-state index < -0.39 is 22.9 Å². The van der Waals surface area contributed by atoms with Crippen molar-refractivity contribution in [2.24, 2.45) is 0 Å². The van der Waals surface area contributed by atoms with Crippen molar-refractivity contribution in [2.75, 3.05) is 11.9 Å². The van der Waals surface area contributed by atoms with Crippen LogP contribution in [-0.2, 0) is 16.1 Å². The number of benzene rings is 3. The molecule has 0 saturated carbocycles. The van der Waals surface area contributed by atoms with E-state index in [1.54, 1.807) is 42.5 Å². The van der Waals surface area contributed by atoms with Gasteiger partial charge in [0, 0.05) is 5.69 Å². The van der Waals surface area contributed by atoms with Crippen LogP contribution < -0.4 is 10.1 Å². The third-order valence-electron chi connectivity index (χ3n) is 5.08. The van der Waals surface area contributed by atoms with Gasteiger partial charge in [-0.25, -0.2) is 4.39 Å². The Morgan fingerprint density at radius 3 is 2.61 bits per heavy atom. The van der Waals surface area contributed by atoms with E-state index in [1.165, 1.54) is 30.3 Å². The molecule has 0 unspecified atom stereocenters. The molecule has 1 fully saturated rings. The zero-order chi connectivity index (χ0) is 25.7. The molecule has 0 aromatic heterocycles. The number of ether oxygens (including phenoxy) is 1. The van der Waals surface area contributed by atoms with Gasteiger partial charge in [0.15, 0.2) is 6.61 Å². The van der Waals surface area contributed by atoms with Crippen molar-refractivity contribution in [2.45, 2.75) is 6.54 Å². The molecule has 180 valence electrons. The van der Waals surface area contributed by atoms with Crippen LogP contribution in [0.2, 0.25) is 5.02 Å². The molecule has 0 bridgehead atoms. The normalized spacial score (nSPS) is 14.1. The lowest BCUT2D eigenvalue weighted by atomic mass is 10.1. The van der Waals surface area contributed by atoms with E-state index in [1.807, 2.05) is 0 Å². The molecule has 3 amide bonds. The topological polar surface area (TPSA) is 99.5 Å². The molecule has 0 spiro atoms. The largest absolute Gasteiger partial charge is 0.482 e. The number of amides is 3. The first-order valence-corrected chi connectivity index (χ1v) is 11.7. The second-order valence-corrected chi connectivity index (χ2v) is 8.97. The molecule has 1 heterocycles. The summed E-state index contributed by atoms with van der Waals surface area (Å²) in [4.78, 5) is 38.7. The minimum absolute atomic E-state index is 0.000734. The van der Waals surface area contributed by atoms with Gasteiger partial charge in [0.05, 0.1) is 28.1 Å². The molecule has 0 atom stereocenters. The van der Waals surface area contributed by atoms with Crippen LogP contribution in [0.1, 0.15) is 16.7 Å². The highest BCUT2D eigenvalue weighted by atomic mass is 35.5. The maximum Gasteiger partial charge on any atom is 0.293 e. The van der Waals surface area contributed by atoms with Crippen molar-refractivity contribution in [3.8, 4) is 11.8 Å². The van der Waals surface area contributed by atoms with Crippen molar-refractivity contribution in [1.82, 2.24) is 4.90 Å². The summed E-state index contributed by atoms with van der Waals surface area (Å²) in [5.41, 5.74) is 1.97. The van der Waals surface area contributed by atoms with Gasteiger partial charge < -0.3 is 10.1 Å². The van der Waals surface area contributed by atoms with Crippen LogP contribution in [0, 0.1) is 17.1 Å². The lowest BCUT2D eigenvalue weighted by Gasteiger charge is -2.13. The standard InChI is InChI=1S/C26H17ClFN3O4S/c27-21-11-16(5-10-22(21)35-15-24(32)30-20-8-6-19(28)7-9-20)12-23-25(33)31(26(34)36-23)14-18-4-2-1-3-17(18)13-29/h1-12H,14-15H2,(H,30,32)/b23-12+.